The molecule has 1 aromatic heterocycles. The van der Waals surface area contributed by atoms with Crippen LogP contribution in [0.5, 0.6) is 0 Å². The number of halogens is 1. The third-order valence-electron chi connectivity index (χ3n) is 2.00. The number of nitrogens with zero attached hydrogens (tertiary/aromatic N) is 1. The molecule has 0 saturated carbocycles. The van der Waals surface area contributed by atoms with E-state index in [0.717, 1.165) is 5.56 Å². The highest BCUT2D eigenvalue weighted by Crippen LogP contribution is 2.27. The van der Waals surface area contributed by atoms with Gasteiger partial charge >= 0.3 is 0 Å². The minimum atomic E-state index is -0.332. The molecule has 2 rings (SSSR count). The van der Waals surface area contributed by atoms with E-state index in [1.165, 1.54) is 12.1 Å². The predicted octanol–water partition coefficient (Wildman–Crippen LogP) is 2.37. The molecule has 0 aliphatic rings. The van der Waals surface area contributed by atoms with Crippen molar-refractivity contribution in [3.8, 4) is 11.3 Å². The first kappa shape index (κ1) is 8.74. The maximum absolute atomic E-state index is 13.4. The second-order valence-electron chi connectivity index (χ2n) is 3.05. The molecule has 14 heavy (non-hydrogen) atoms. The Morgan fingerprint density at radius 3 is 2.79 bits per heavy atom. The summed E-state index contributed by atoms with van der Waals surface area (Å²) in [5.41, 5.74) is 6.60. The second-order valence-corrected chi connectivity index (χ2v) is 3.05. The van der Waals surface area contributed by atoms with Crippen LogP contribution in [0.4, 0.5) is 10.2 Å². The number of nitrogens with two attached hydrogens (primary N) is 1. The van der Waals surface area contributed by atoms with Crippen molar-refractivity contribution in [1.29, 1.82) is 0 Å². The molecule has 2 N–H and O–H groups in total. The molecule has 2 aromatic rings. The molecule has 0 radical (unpaired) electrons. The number of aromatic nitrogens is 1. The summed E-state index contributed by atoms with van der Waals surface area (Å²) in [5.74, 6) is 0.280. The van der Waals surface area contributed by atoms with Crippen molar-refractivity contribution < 1.29 is 8.91 Å². The van der Waals surface area contributed by atoms with Crippen molar-refractivity contribution in [3.63, 3.8) is 0 Å². The smallest absolute Gasteiger partial charge is 0.172 e. The summed E-state index contributed by atoms with van der Waals surface area (Å²) >= 11 is 0. The van der Waals surface area contributed by atoms with E-state index in [2.05, 4.69) is 5.16 Å². The average Bonchev–Trinajstić information content (AvgIpc) is 2.51. The molecule has 0 unspecified atom stereocenters. The summed E-state index contributed by atoms with van der Waals surface area (Å²) in [6, 6.07) is 6.33. The predicted molar refractivity (Wildman–Crippen MR) is 51.0 cm³/mol. The van der Waals surface area contributed by atoms with Crippen LogP contribution in [0.2, 0.25) is 0 Å². The van der Waals surface area contributed by atoms with Crippen LogP contribution in [-0.4, -0.2) is 5.16 Å². The highest BCUT2D eigenvalue weighted by atomic mass is 19.1. The Kier molecular flexibility index (Phi) is 1.96. The van der Waals surface area contributed by atoms with E-state index in [1.54, 1.807) is 19.1 Å². The minimum absolute atomic E-state index is 0.252. The first-order valence-electron chi connectivity index (χ1n) is 4.16. The van der Waals surface area contributed by atoms with Gasteiger partial charge in [0.25, 0.3) is 0 Å². The fraction of sp³-hybridized carbons (Fsp3) is 0.100. The van der Waals surface area contributed by atoms with E-state index in [0.29, 0.717) is 11.3 Å². The lowest BCUT2D eigenvalue weighted by atomic mass is 10.1. The van der Waals surface area contributed by atoms with Gasteiger partial charge in [-0.2, -0.15) is 0 Å². The zero-order chi connectivity index (χ0) is 10.1. The number of anilines is 1. The molecule has 0 aliphatic heterocycles. The molecule has 0 fully saturated rings. The van der Waals surface area contributed by atoms with E-state index in [1.807, 2.05) is 0 Å². The maximum atomic E-state index is 13.4. The van der Waals surface area contributed by atoms with Gasteiger partial charge < -0.3 is 10.3 Å². The van der Waals surface area contributed by atoms with Gasteiger partial charge in [-0.05, 0) is 18.6 Å². The zero-order valence-electron chi connectivity index (χ0n) is 7.62. The van der Waals surface area contributed by atoms with Crippen LogP contribution in [0.15, 0.2) is 28.8 Å². The zero-order valence-corrected chi connectivity index (χ0v) is 7.62. The summed E-state index contributed by atoms with van der Waals surface area (Å²) in [5, 5.41) is 3.51. The van der Waals surface area contributed by atoms with E-state index >= 15 is 0 Å². The molecule has 4 heteroatoms. The van der Waals surface area contributed by atoms with Crippen LogP contribution in [0.1, 0.15) is 5.56 Å². The van der Waals surface area contributed by atoms with Gasteiger partial charge in [-0.15, -0.1) is 0 Å². The summed E-state index contributed by atoms with van der Waals surface area (Å²) in [4.78, 5) is 0. The summed E-state index contributed by atoms with van der Waals surface area (Å²) in [6.45, 7) is 1.80. The Balaban J connectivity index is 2.61. The van der Waals surface area contributed by atoms with E-state index in [9.17, 15) is 4.39 Å². The lowest BCUT2D eigenvalue weighted by Gasteiger charge is -2.01. The standard InChI is InChI=1S/C10H9FN2O/c1-6-3-2-4-7(11)10(6)8-5-9(12)13-14-8/h2-5H,1H3,(H2,12,13). The SMILES string of the molecule is Cc1cccc(F)c1-c1cc(N)no1. The fourth-order valence-electron chi connectivity index (χ4n) is 1.35. The molecule has 0 aliphatic carbocycles. The monoisotopic (exact) mass is 192 g/mol. The van der Waals surface area contributed by atoms with Gasteiger partial charge in [-0.3, -0.25) is 0 Å². The van der Waals surface area contributed by atoms with Crippen molar-refractivity contribution >= 4 is 5.82 Å². The summed E-state index contributed by atoms with van der Waals surface area (Å²) < 4.78 is 18.3. The van der Waals surface area contributed by atoms with E-state index < -0.39 is 0 Å². The Bertz CT molecular complexity index is 445. The van der Waals surface area contributed by atoms with Crippen molar-refractivity contribution in [2.45, 2.75) is 6.92 Å². The number of rotatable bonds is 1. The van der Waals surface area contributed by atoms with Gasteiger partial charge in [0.2, 0.25) is 0 Å². The van der Waals surface area contributed by atoms with Gasteiger partial charge in [0.15, 0.2) is 11.6 Å². The molecule has 0 spiro atoms. The highest BCUT2D eigenvalue weighted by Gasteiger charge is 2.12. The second kappa shape index (κ2) is 3.14. The van der Waals surface area contributed by atoms with Gasteiger partial charge in [0.05, 0.1) is 5.56 Å². The van der Waals surface area contributed by atoms with Gasteiger partial charge in [0.1, 0.15) is 5.82 Å². The Labute approximate surface area is 80.3 Å². The third-order valence-corrected chi connectivity index (χ3v) is 2.00. The van der Waals surface area contributed by atoms with Crippen LogP contribution in [0.25, 0.3) is 11.3 Å². The highest BCUT2D eigenvalue weighted by molar-refractivity contribution is 5.64. The molecule has 72 valence electrons. The fourth-order valence-corrected chi connectivity index (χ4v) is 1.35. The number of benzene rings is 1. The molecule has 0 saturated heterocycles. The lowest BCUT2D eigenvalue weighted by Crippen LogP contribution is -1.86. The molecule has 0 atom stereocenters. The Hall–Kier alpha value is -1.84. The normalized spacial score (nSPS) is 10.4. The summed E-state index contributed by atoms with van der Waals surface area (Å²) in [6.07, 6.45) is 0. The van der Waals surface area contributed by atoms with Gasteiger partial charge in [-0.25, -0.2) is 4.39 Å². The number of aryl methyl sites for hydroxylation is 1. The minimum Gasteiger partial charge on any atom is -0.381 e. The first-order chi connectivity index (χ1) is 6.68. The molecule has 1 heterocycles. The number of hydrogen-bond acceptors (Lipinski definition) is 3. The largest absolute Gasteiger partial charge is 0.381 e. The topological polar surface area (TPSA) is 52.0 Å². The van der Waals surface area contributed by atoms with E-state index in [-0.39, 0.29) is 11.6 Å². The van der Waals surface area contributed by atoms with Crippen LogP contribution < -0.4 is 5.73 Å². The quantitative estimate of drug-likeness (QED) is 0.754. The number of hydrogen-bond donors (Lipinski definition) is 1. The Morgan fingerprint density at radius 2 is 2.21 bits per heavy atom. The Morgan fingerprint density at radius 1 is 1.43 bits per heavy atom. The molecule has 0 bridgehead atoms. The average molecular weight is 192 g/mol. The van der Waals surface area contributed by atoms with Crippen LogP contribution in [0.3, 0.4) is 0 Å². The molecular weight excluding hydrogens is 183 g/mol. The molecule has 1 aromatic carbocycles. The molecular formula is C10H9FN2O. The molecule has 0 amide bonds. The van der Waals surface area contributed by atoms with Gasteiger partial charge in [0, 0.05) is 6.07 Å². The van der Waals surface area contributed by atoms with Gasteiger partial charge in [-0.1, -0.05) is 17.3 Å². The van der Waals surface area contributed by atoms with Crippen LogP contribution >= 0.6 is 0 Å². The third kappa shape index (κ3) is 1.35. The lowest BCUT2D eigenvalue weighted by molar-refractivity contribution is 0.433. The summed E-state index contributed by atoms with van der Waals surface area (Å²) in [7, 11) is 0. The first-order valence-corrected chi connectivity index (χ1v) is 4.16. The van der Waals surface area contributed by atoms with Crippen LogP contribution in [-0.2, 0) is 0 Å². The van der Waals surface area contributed by atoms with Crippen molar-refractivity contribution in [2.75, 3.05) is 5.73 Å². The van der Waals surface area contributed by atoms with Crippen molar-refractivity contribution in [2.24, 2.45) is 0 Å². The van der Waals surface area contributed by atoms with E-state index in [4.69, 9.17) is 10.3 Å². The number of nitrogen functional groups attached to an aromatic ring is 1. The molecule has 3 nitrogen and oxygen atoms in total. The maximum Gasteiger partial charge on any atom is 0.172 e. The van der Waals surface area contributed by atoms with Crippen LogP contribution in [0, 0.1) is 12.7 Å². The van der Waals surface area contributed by atoms with Crippen molar-refractivity contribution in [1.82, 2.24) is 5.16 Å². The van der Waals surface area contributed by atoms with Crippen molar-refractivity contribution in [3.05, 3.63) is 35.6 Å².